The smallest absolute Gasteiger partial charge is 0.418 e. The number of fused-ring (bicyclic) bond motifs is 3. The lowest BCUT2D eigenvalue weighted by molar-refractivity contribution is -0.138. The van der Waals surface area contributed by atoms with E-state index in [1.54, 1.807) is 0 Å². The first-order valence-corrected chi connectivity index (χ1v) is 10.7. The zero-order valence-electron chi connectivity index (χ0n) is 17.4. The van der Waals surface area contributed by atoms with E-state index >= 15 is 0 Å². The molecule has 0 saturated heterocycles. The molecule has 33 heavy (non-hydrogen) atoms. The Kier molecular flexibility index (Phi) is 6.70. The molecule has 0 radical (unpaired) electrons. The maximum atomic E-state index is 13.1. The van der Waals surface area contributed by atoms with Gasteiger partial charge < -0.3 is 10.1 Å². The molecule has 1 amide bonds. The summed E-state index contributed by atoms with van der Waals surface area (Å²) in [6.07, 6.45) is -1.23. The molecule has 4 nitrogen and oxygen atoms in total. The van der Waals surface area contributed by atoms with Gasteiger partial charge in [-0.25, -0.2) is 9.78 Å². The van der Waals surface area contributed by atoms with Crippen LogP contribution in [0.15, 0.2) is 66.9 Å². The average Bonchev–Trinajstić information content (AvgIpc) is 3.10. The van der Waals surface area contributed by atoms with Crippen molar-refractivity contribution < 1.29 is 22.7 Å². The molecule has 0 atom stereocenters. The Balaban J connectivity index is 1.30. The Hall–Kier alpha value is -3.32. The largest absolute Gasteiger partial charge is 0.449 e. The molecule has 1 aliphatic carbocycles. The lowest BCUT2D eigenvalue weighted by atomic mass is 9.98. The van der Waals surface area contributed by atoms with Crippen molar-refractivity contribution in [2.24, 2.45) is 0 Å². The maximum Gasteiger partial charge on any atom is 0.418 e. The summed E-state index contributed by atoms with van der Waals surface area (Å²) in [5.41, 5.74) is 3.57. The number of alkyl halides is 3. The zero-order chi connectivity index (χ0) is 23.4. The van der Waals surface area contributed by atoms with Gasteiger partial charge in [0, 0.05) is 18.7 Å². The van der Waals surface area contributed by atoms with Crippen LogP contribution in [0.2, 0.25) is 5.15 Å². The fourth-order valence-corrected chi connectivity index (χ4v) is 4.10. The van der Waals surface area contributed by atoms with Crippen molar-refractivity contribution in [2.45, 2.75) is 18.5 Å². The van der Waals surface area contributed by atoms with E-state index in [-0.39, 0.29) is 29.8 Å². The Morgan fingerprint density at radius 2 is 1.73 bits per heavy atom. The normalized spacial score (nSPS) is 13.1. The van der Waals surface area contributed by atoms with E-state index in [0.717, 1.165) is 28.3 Å². The first-order valence-electron chi connectivity index (χ1n) is 10.3. The summed E-state index contributed by atoms with van der Waals surface area (Å²) >= 11 is 5.71. The Bertz CT molecular complexity index is 1150. The molecule has 2 aromatic carbocycles. The highest BCUT2D eigenvalue weighted by atomic mass is 35.5. The predicted molar refractivity (Wildman–Crippen MR) is 121 cm³/mol. The monoisotopic (exact) mass is 472 g/mol. The van der Waals surface area contributed by atoms with Gasteiger partial charge in [0.05, 0.1) is 5.56 Å². The van der Waals surface area contributed by atoms with E-state index in [9.17, 15) is 18.0 Å². The summed E-state index contributed by atoms with van der Waals surface area (Å²) in [5, 5.41) is 2.60. The van der Waals surface area contributed by atoms with Crippen molar-refractivity contribution in [3.63, 3.8) is 0 Å². The minimum absolute atomic E-state index is 0.0283. The lowest BCUT2D eigenvalue weighted by Gasteiger charge is -2.14. The Morgan fingerprint density at radius 1 is 1.09 bits per heavy atom. The van der Waals surface area contributed by atoms with Crippen molar-refractivity contribution in [2.75, 3.05) is 13.2 Å². The molecule has 1 aliphatic rings. The second-order valence-corrected chi connectivity index (χ2v) is 7.92. The predicted octanol–water partition coefficient (Wildman–Crippen LogP) is 6.70. The van der Waals surface area contributed by atoms with Gasteiger partial charge in [-0.15, -0.1) is 0 Å². The van der Waals surface area contributed by atoms with Crippen molar-refractivity contribution in [1.29, 1.82) is 0 Å². The highest BCUT2D eigenvalue weighted by Crippen LogP contribution is 2.44. The van der Waals surface area contributed by atoms with Gasteiger partial charge in [-0.3, -0.25) is 0 Å². The van der Waals surface area contributed by atoms with E-state index in [1.807, 2.05) is 36.4 Å². The molecule has 0 saturated carbocycles. The molecule has 1 N–H and O–H groups in total. The van der Waals surface area contributed by atoms with Crippen molar-refractivity contribution in [3.8, 4) is 11.1 Å². The van der Waals surface area contributed by atoms with Crippen LogP contribution in [0.5, 0.6) is 0 Å². The third-order valence-corrected chi connectivity index (χ3v) is 5.64. The number of hydrogen-bond acceptors (Lipinski definition) is 3. The summed E-state index contributed by atoms with van der Waals surface area (Å²) in [5.74, 6) is -0.0414. The van der Waals surface area contributed by atoms with Crippen molar-refractivity contribution >= 4 is 23.8 Å². The number of nitrogens with one attached hydrogen (secondary N) is 1. The van der Waals surface area contributed by atoms with Gasteiger partial charge in [0.2, 0.25) is 0 Å². The molecule has 0 aliphatic heterocycles. The standard InChI is InChI=1S/C25H20ClF3N2O2/c26-23-13-16(22(14-31-23)25(27,28)29)7-5-6-12-30-24(32)33-15-21-19-10-3-1-8-17(19)18-9-2-4-11-20(18)21/h1-5,7-11,13-14,21H,6,12,15H2,(H,30,32). The van der Waals surface area contributed by atoms with Crippen LogP contribution in [0, 0.1) is 0 Å². The van der Waals surface area contributed by atoms with Crippen LogP contribution in [0.3, 0.4) is 0 Å². The lowest BCUT2D eigenvalue weighted by Crippen LogP contribution is -2.26. The van der Waals surface area contributed by atoms with Crippen LogP contribution in [-0.4, -0.2) is 24.2 Å². The second kappa shape index (κ2) is 9.67. The topological polar surface area (TPSA) is 51.2 Å². The molecule has 0 unspecified atom stereocenters. The average molecular weight is 473 g/mol. The number of pyridine rings is 1. The molecule has 3 aromatic rings. The number of aromatic nitrogens is 1. The third kappa shape index (κ3) is 5.20. The number of amides is 1. The van der Waals surface area contributed by atoms with Crippen LogP contribution in [0.25, 0.3) is 17.2 Å². The SMILES string of the molecule is O=C(NCCC=Cc1cc(Cl)ncc1C(F)(F)F)OCC1c2ccccc2-c2ccccc21. The van der Waals surface area contributed by atoms with Crippen LogP contribution in [0.4, 0.5) is 18.0 Å². The van der Waals surface area contributed by atoms with Gasteiger partial charge in [0.1, 0.15) is 11.8 Å². The van der Waals surface area contributed by atoms with E-state index in [0.29, 0.717) is 12.6 Å². The molecule has 0 fully saturated rings. The van der Waals surface area contributed by atoms with Crippen LogP contribution in [0.1, 0.15) is 34.6 Å². The molecular weight excluding hydrogens is 453 g/mol. The first-order chi connectivity index (χ1) is 15.8. The molecule has 0 spiro atoms. The molecule has 1 heterocycles. The summed E-state index contributed by atoms with van der Waals surface area (Å²) in [4.78, 5) is 15.6. The zero-order valence-corrected chi connectivity index (χ0v) is 18.2. The van der Waals surface area contributed by atoms with Crippen LogP contribution in [-0.2, 0) is 10.9 Å². The summed E-state index contributed by atoms with van der Waals surface area (Å²) < 4.78 is 44.6. The molecule has 0 bridgehead atoms. The minimum atomic E-state index is -4.53. The van der Waals surface area contributed by atoms with Crippen LogP contribution >= 0.6 is 11.6 Å². The van der Waals surface area contributed by atoms with Crippen molar-refractivity contribution in [3.05, 3.63) is 94.3 Å². The number of alkyl carbamates (subject to hydrolysis) is 1. The fourth-order valence-electron chi connectivity index (χ4n) is 3.94. The van der Waals surface area contributed by atoms with E-state index in [2.05, 4.69) is 22.4 Å². The minimum Gasteiger partial charge on any atom is -0.449 e. The van der Waals surface area contributed by atoms with E-state index < -0.39 is 17.8 Å². The Labute approximate surface area is 194 Å². The van der Waals surface area contributed by atoms with Gasteiger partial charge in [-0.1, -0.05) is 72.3 Å². The summed E-state index contributed by atoms with van der Waals surface area (Å²) in [6, 6.07) is 17.2. The number of nitrogens with zero attached hydrogens (tertiary/aromatic N) is 1. The van der Waals surface area contributed by atoms with Gasteiger partial charge >= 0.3 is 12.3 Å². The molecule has 4 rings (SSSR count). The number of ether oxygens (including phenoxy) is 1. The number of carbonyl (C=O) groups excluding carboxylic acids is 1. The number of hydrogen-bond donors (Lipinski definition) is 1. The number of benzene rings is 2. The maximum absolute atomic E-state index is 13.1. The third-order valence-electron chi connectivity index (χ3n) is 5.43. The van der Waals surface area contributed by atoms with Crippen molar-refractivity contribution in [1.82, 2.24) is 10.3 Å². The molecule has 1 aromatic heterocycles. The van der Waals surface area contributed by atoms with E-state index in [1.165, 1.54) is 12.2 Å². The number of halogens is 4. The fraction of sp³-hybridized carbons (Fsp3) is 0.200. The van der Waals surface area contributed by atoms with Gasteiger partial charge in [0.15, 0.2) is 0 Å². The number of rotatable bonds is 6. The molecule has 170 valence electrons. The number of carbonyl (C=O) groups is 1. The molecule has 8 heteroatoms. The van der Waals surface area contributed by atoms with E-state index in [4.69, 9.17) is 16.3 Å². The highest BCUT2D eigenvalue weighted by molar-refractivity contribution is 6.29. The second-order valence-electron chi connectivity index (χ2n) is 7.54. The van der Waals surface area contributed by atoms with Crippen LogP contribution < -0.4 is 5.32 Å². The first kappa shape index (κ1) is 22.9. The van der Waals surface area contributed by atoms with Gasteiger partial charge in [0.25, 0.3) is 0 Å². The Morgan fingerprint density at radius 3 is 2.36 bits per heavy atom. The van der Waals surface area contributed by atoms with Gasteiger partial charge in [-0.2, -0.15) is 13.2 Å². The molecular formula is C25H20ClF3N2O2. The van der Waals surface area contributed by atoms with Gasteiger partial charge in [-0.05, 0) is 40.3 Å². The quantitative estimate of drug-likeness (QED) is 0.321. The highest BCUT2D eigenvalue weighted by Gasteiger charge is 2.33. The summed E-state index contributed by atoms with van der Waals surface area (Å²) in [7, 11) is 0. The summed E-state index contributed by atoms with van der Waals surface area (Å²) in [6.45, 7) is 0.410.